The molecule has 0 aliphatic heterocycles. The number of hydrogen-bond acceptors (Lipinski definition) is 3. The van der Waals surface area contributed by atoms with Crippen LogP contribution >= 0.6 is 7.94 Å². The first kappa shape index (κ1) is 30.1. The molecule has 0 unspecified atom stereocenters. The van der Waals surface area contributed by atoms with Gasteiger partial charge < -0.3 is 9.79 Å². The molecule has 0 amide bonds. The summed E-state index contributed by atoms with van der Waals surface area (Å²) in [6, 6.07) is 0. The van der Waals surface area contributed by atoms with Gasteiger partial charge in [-0.3, -0.25) is 4.89 Å². The lowest BCUT2D eigenvalue weighted by atomic mass is 9.88. The van der Waals surface area contributed by atoms with E-state index in [2.05, 4.69) is 0 Å². The van der Waals surface area contributed by atoms with Gasteiger partial charge in [0, 0.05) is 7.94 Å². The average Bonchev–Trinajstić information content (AvgIpc) is 2.50. The van der Waals surface area contributed by atoms with Crippen molar-refractivity contribution in [3.63, 3.8) is 0 Å². The molecule has 188 valence electrons. The minimum atomic E-state index is -8.74. The zero-order chi connectivity index (χ0) is 25.9. The van der Waals surface area contributed by atoms with Gasteiger partial charge in [-0.05, 0) is 0 Å². The van der Waals surface area contributed by atoms with Gasteiger partial charge in [0.1, 0.15) is 0 Å². The third-order valence-corrected chi connectivity index (χ3v) is 4.28. The van der Waals surface area contributed by atoms with Crippen molar-refractivity contribution in [2.75, 3.05) is 6.16 Å². The molecular weight excluding hydrogens is 522 g/mol. The van der Waals surface area contributed by atoms with E-state index < -0.39 is 68.2 Å². The standard InChI is InChI=1S/C10H6F17O3P/c11-3(12,1-2-31(28,29)30)4(13,14)5(15,16)6(17,18)7(19,20)8(21,22)9(23,24)10(25,26)27/h1-2H2,(H2,28,29,30)/p-1. The smallest absolute Gasteiger partial charge is 0.460 e. The lowest BCUT2D eigenvalue weighted by Crippen LogP contribution is -2.74. The zero-order valence-electron chi connectivity index (χ0n) is 13.6. The number of halogens is 17. The maximum atomic E-state index is 13.3. The van der Waals surface area contributed by atoms with Crippen LogP contribution in [0, 0.1) is 0 Å². The van der Waals surface area contributed by atoms with Crippen LogP contribution < -0.4 is 9.79 Å². The van der Waals surface area contributed by atoms with Gasteiger partial charge in [0.2, 0.25) is 0 Å². The van der Waals surface area contributed by atoms with Crippen molar-refractivity contribution >= 4 is 7.94 Å². The summed E-state index contributed by atoms with van der Waals surface area (Å²) in [5.74, 6) is -57.6. The summed E-state index contributed by atoms with van der Waals surface area (Å²) in [6.07, 6.45) is -13.6. The molecule has 0 atom stereocenters. The van der Waals surface area contributed by atoms with Gasteiger partial charge in [-0.1, -0.05) is 0 Å². The van der Waals surface area contributed by atoms with Gasteiger partial charge >= 0.3 is 47.6 Å². The Balaban J connectivity index is 6.56. The normalized spacial score (nSPS) is 16.6. The van der Waals surface area contributed by atoms with Crippen LogP contribution in [0.5, 0.6) is 0 Å². The summed E-state index contributed by atoms with van der Waals surface area (Å²) in [4.78, 5) is 28.5. The Morgan fingerprint density at radius 2 is 0.742 bits per heavy atom. The van der Waals surface area contributed by atoms with Gasteiger partial charge in [-0.15, -0.1) is 0 Å². The monoisotopic (exact) mass is 527 g/mol. The van der Waals surface area contributed by atoms with Crippen molar-refractivity contribution in [1.82, 2.24) is 0 Å². The average molecular weight is 527 g/mol. The molecule has 3 nitrogen and oxygen atoms in total. The molecule has 0 radical (unpaired) electrons. The van der Waals surface area contributed by atoms with Gasteiger partial charge in [-0.2, -0.15) is 74.6 Å². The van der Waals surface area contributed by atoms with Gasteiger partial charge in [0.15, 0.2) is 0 Å². The fraction of sp³-hybridized carbons (Fsp3) is 1.00. The predicted molar refractivity (Wildman–Crippen MR) is 59.3 cm³/mol. The number of rotatable bonds is 9. The van der Waals surface area contributed by atoms with E-state index in [9.17, 15) is 84.4 Å². The van der Waals surface area contributed by atoms with Crippen molar-refractivity contribution < 1.29 is 89.3 Å². The minimum absolute atomic E-state index is 2.59. The highest BCUT2D eigenvalue weighted by atomic mass is 31.2. The second-order valence-electron chi connectivity index (χ2n) is 5.76. The van der Waals surface area contributed by atoms with E-state index in [0.717, 1.165) is 0 Å². The van der Waals surface area contributed by atoms with Crippen LogP contribution in [-0.4, -0.2) is 58.7 Å². The first-order chi connectivity index (χ1) is 13.0. The Kier molecular flexibility index (Phi) is 7.36. The van der Waals surface area contributed by atoms with E-state index in [1.54, 1.807) is 0 Å². The Morgan fingerprint density at radius 1 is 0.484 bits per heavy atom. The summed E-state index contributed by atoms with van der Waals surface area (Å²) in [5.41, 5.74) is 0. The van der Waals surface area contributed by atoms with E-state index in [4.69, 9.17) is 4.89 Å². The lowest BCUT2D eigenvalue weighted by Gasteiger charge is -2.43. The summed E-state index contributed by atoms with van der Waals surface area (Å²) in [6.45, 7) is 0. The van der Waals surface area contributed by atoms with Crippen molar-refractivity contribution in [1.29, 1.82) is 0 Å². The predicted octanol–water partition coefficient (Wildman–Crippen LogP) is 3.86. The topological polar surface area (TPSA) is 66.3 Å². The van der Waals surface area contributed by atoms with Crippen LogP contribution in [0.3, 0.4) is 0 Å². The first-order valence-corrected chi connectivity index (χ1v) is 8.46. The molecule has 0 fully saturated rings. The van der Waals surface area contributed by atoms with Crippen molar-refractivity contribution in [2.45, 2.75) is 54.1 Å². The van der Waals surface area contributed by atoms with Crippen LogP contribution in [0.1, 0.15) is 6.42 Å². The highest BCUT2D eigenvalue weighted by Gasteiger charge is 2.95. The fourth-order valence-corrected chi connectivity index (χ4v) is 2.20. The Hall–Kier alpha value is -0.880. The summed E-state index contributed by atoms with van der Waals surface area (Å²) in [7, 11) is -6.01. The van der Waals surface area contributed by atoms with E-state index in [0.29, 0.717) is 0 Å². The molecule has 0 aromatic carbocycles. The van der Waals surface area contributed by atoms with Gasteiger partial charge in [0.05, 0.1) is 12.6 Å². The molecule has 0 aromatic rings. The maximum absolute atomic E-state index is 13.3. The van der Waals surface area contributed by atoms with Crippen LogP contribution in [0.4, 0.5) is 74.6 Å². The summed E-state index contributed by atoms with van der Waals surface area (Å²) in [5, 5.41) is 0. The highest BCUT2D eigenvalue weighted by Crippen LogP contribution is 2.64. The molecule has 0 aromatic heterocycles. The quantitative estimate of drug-likeness (QED) is 0.366. The van der Waals surface area contributed by atoms with Gasteiger partial charge in [0.25, 0.3) is 0 Å². The third-order valence-electron chi connectivity index (χ3n) is 3.50. The maximum Gasteiger partial charge on any atom is 0.460 e. The number of alkyl halides is 17. The van der Waals surface area contributed by atoms with E-state index >= 15 is 0 Å². The molecule has 0 rings (SSSR count). The molecular formula is C10H5F17O3P-. The molecule has 0 heterocycles. The Bertz CT molecular complexity index is 650. The van der Waals surface area contributed by atoms with Gasteiger partial charge in [-0.25, -0.2) is 0 Å². The van der Waals surface area contributed by atoms with Crippen molar-refractivity contribution in [3.8, 4) is 0 Å². The largest absolute Gasteiger partial charge is 0.660 e. The second kappa shape index (κ2) is 7.58. The molecule has 0 aliphatic rings. The molecule has 0 spiro atoms. The van der Waals surface area contributed by atoms with Crippen molar-refractivity contribution in [2.24, 2.45) is 0 Å². The molecule has 0 aliphatic carbocycles. The second-order valence-corrected chi connectivity index (χ2v) is 7.48. The molecule has 0 saturated carbocycles. The van der Waals surface area contributed by atoms with Crippen LogP contribution in [0.2, 0.25) is 0 Å². The third kappa shape index (κ3) is 4.48. The zero-order valence-corrected chi connectivity index (χ0v) is 14.4. The molecule has 0 bridgehead atoms. The summed E-state index contributed by atoms with van der Waals surface area (Å²) < 4.78 is 219. The first-order valence-electron chi connectivity index (χ1n) is 6.70. The van der Waals surface area contributed by atoms with Crippen LogP contribution in [0.15, 0.2) is 0 Å². The molecule has 21 heteroatoms. The molecule has 0 saturated heterocycles. The lowest BCUT2D eigenvalue weighted by molar-refractivity contribution is -0.461. The molecule has 1 N–H and O–H groups in total. The Labute approximate surface area is 159 Å². The van der Waals surface area contributed by atoms with Crippen LogP contribution in [-0.2, 0) is 0 Å². The minimum Gasteiger partial charge on any atom is -0.660 e. The fourth-order valence-electron chi connectivity index (χ4n) is 1.64. The van der Waals surface area contributed by atoms with E-state index in [1.165, 1.54) is 0 Å². The Morgan fingerprint density at radius 3 is 1.00 bits per heavy atom. The highest BCUT2D eigenvalue weighted by molar-refractivity contribution is 7.55. The molecule has 31 heavy (non-hydrogen) atoms. The van der Waals surface area contributed by atoms with Crippen LogP contribution in [0.25, 0.3) is 0 Å². The SMILES string of the molecule is [O-][P+]([O-])(O)CCC(F)(F)C(F)(F)C(F)(F)C(F)(F)C(F)(F)C(F)(F)C(F)(F)C(F)(F)F. The summed E-state index contributed by atoms with van der Waals surface area (Å²) >= 11 is 0. The van der Waals surface area contributed by atoms with E-state index in [-0.39, 0.29) is 0 Å². The van der Waals surface area contributed by atoms with E-state index in [1.807, 2.05) is 0 Å². The van der Waals surface area contributed by atoms with Crippen molar-refractivity contribution in [3.05, 3.63) is 0 Å². The number of hydrogen-bond donors (Lipinski definition) is 1.